The van der Waals surface area contributed by atoms with E-state index in [0.717, 1.165) is 16.7 Å². The Morgan fingerprint density at radius 1 is 0.800 bits per heavy atom. The molecule has 5 nitrogen and oxygen atoms in total. The second-order valence-electron chi connectivity index (χ2n) is 10.0. The van der Waals surface area contributed by atoms with Crippen LogP contribution >= 0.6 is 11.6 Å². The minimum absolute atomic E-state index is 0.136. The highest BCUT2D eigenvalue weighted by molar-refractivity contribution is 6.33. The maximum Gasteiger partial charge on any atom is 0.253 e. The van der Waals surface area contributed by atoms with Crippen molar-refractivity contribution in [2.24, 2.45) is 0 Å². The maximum atomic E-state index is 13.7. The predicted octanol–water partition coefficient (Wildman–Crippen LogP) is 6.91. The number of halogens is 3. The Balaban J connectivity index is 1.31. The molecule has 1 aliphatic heterocycles. The average molecular weight is 560 g/mol. The summed E-state index contributed by atoms with van der Waals surface area (Å²) in [5.41, 5.74) is 9.23. The number of anilines is 1. The number of benzene rings is 4. The fourth-order valence-corrected chi connectivity index (χ4v) is 5.39. The lowest BCUT2D eigenvalue weighted by atomic mass is 9.72. The first-order valence-corrected chi connectivity index (χ1v) is 13.4. The number of amides is 2. The summed E-state index contributed by atoms with van der Waals surface area (Å²) in [7, 11) is 0. The number of carbonyl (C=O) groups excluding carboxylic acids is 2. The number of aryl methyl sites for hydroxylation is 1. The fraction of sp³-hybridized carbons (Fsp3) is 0.188. The molecule has 0 unspecified atom stereocenters. The number of piperidine rings is 1. The van der Waals surface area contributed by atoms with Crippen molar-refractivity contribution in [3.05, 3.63) is 124 Å². The Hall–Kier alpha value is -4.23. The molecular weight excluding hydrogens is 532 g/mol. The summed E-state index contributed by atoms with van der Waals surface area (Å²) in [6.45, 7) is 2.61. The van der Waals surface area contributed by atoms with E-state index in [4.69, 9.17) is 11.6 Å². The van der Waals surface area contributed by atoms with Crippen molar-refractivity contribution < 1.29 is 18.4 Å². The van der Waals surface area contributed by atoms with Crippen LogP contribution in [0.25, 0.3) is 11.1 Å². The minimum atomic E-state index is -0.971. The molecule has 2 N–H and O–H groups in total. The second-order valence-corrected chi connectivity index (χ2v) is 10.4. The highest BCUT2D eigenvalue weighted by atomic mass is 35.5. The minimum Gasteiger partial charge on any atom is -0.339 e. The third kappa shape index (κ3) is 5.70. The lowest BCUT2D eigenvalue weighted by molar-refractivity contribution is -0.128. The number of nitrogens with zero attached hydrogens (tertiary/aromatic N) is 1. The number of hydrogen-bond donors (Lipinski definition) is 2. The van der Waals surface area contributed by atoms with Crippen molar-refractivity contribution >= 4 is 29.1 Å². The summed E-state index contributed by atoms with van der Waals surface area (Å²) in [5, 5.41) is 0.474. The van der Waals surface area contributed by atoms with E-state index >= 15 is 0 Å². The Bertz CT molecular complexity index is 1520. The van der Waals surface area contributed by atoms with Gasteiger partial charge in [0, 0.05) is 18.7 Å². The Labute approximate surface area is 236 Å². The maximum absolute atomic E-state index is 13.7. The molecule has 1 heterocycles. The largest absolute Gasteiger partial charge is 0.339 e. The van der Waals surface area contributed by atoms with Gasteiger partial charge in [-0.25, -0.2) is 8.78 Å². The molecule has 2 amide bonds. The predicted molar refractivity (Wildman–Crippen MR) is 153 cm³/mol. The van der Waals surface area contributed by atoms with Gasteiger partial charge in [-0.3, -0.25) is 20.4 Å². The van der Waals surface area contributed by atoms with E-state index in [0.29, 0.717) is 47.8 Å². The highest BCUT2D eigenvalue weighted by Crippen LogP contribution is 2.37. The van der Waals surface area contributed by atoms with Crippen LogP contribution in [0.4, 0.5) is 14.5 Å². The van der Waals surface area contributed by atoms with Crippen LogP contribution in [0.1, 0.15) is 34.3 Å². The highest BCUT2D eigenvalue weighted by Gasteiger charge is 2.44. The van der Waals surface area contributed by atoms with Crippen LogP contribution < -0.4 is 10.9 Å². The van der Waals surface area contributed by atoms with Crippen molar-refractivity contribution in [1.82, 2.24) is 10.3 Å². The molecule has 0 aliphatic carbocycles. The normalized spacial score (nSPS) is 14.4. The first-order chi connectivity index (χ1) is 19.2. The zero-order valence-corrected chi connectivity index (χ0v) is 22.6. The number of rotatable bonds is 6. The lowest BCUT2D eigenvalue weighted by Crippen LogP contribution is -2.53. The van der Waals surface area contributed by atoms with Crippen molar-refractivity contribution in [3.8, 4) is 11.1 Å². The van der Waals surface area contributed by atoms with Gasteiger partial charge in [0.15, 0.2) is 0 Å². The Morgan fingerprint density at radius 3 is 1.93 bits per heavy atom. The summed E-state index contributed by atoms with van der Waals surface area (Å²) >= 11 is 6.32. The van der Waals surface area contributed by atoms with Gasteiger partial charge in [-0.1, -0.05) is 54.1 Å². The van der Waals surface area contributed by atoms with E-state index in [1.165, 1.54) is 24.3 Å². The number of hydrogen-bond acceptors (Lipinski definition) is 3. The lowest BCUT2D eigenvalue weighted by Gasteiger charge is -2.41. The van der Waals surface area contributed by atoms with Gasteiger partial charge < -0.3 is 4.90 Å². The van der Waals surface area contributed by atoms with Gasteiger partial charge >= 0.3 is 0 Å². The molecule has 4 aromatic carbocycles. The molecule has 0 aromatic heterocycles. The molecule has 5 rings (SSSR count). The first kappa shape index (κ1) is 27.3. The first-order valence-electron chi connectivity index (χ1n) is 13.0. The van der Waals surface area contributed by atoms with Crippen molar-refractivity contribution in [3.63, 3.8) is 0 Å². The van der Waals surface area contributed by atoms with E-state index in [9.17, 15) is 18.4 Å². The molecule has 0 bridgehead atoms. The van der Waals surface area contributed by atoms with Crippen molar-refractivity contribution in [1.29, 1.82) is 0 Å². The van der Waals surface area contributed by atoms with Crippen molar-refractivity contribution in [2.45, 2.75) is 25.2 Å². The van der Waals surface area contributed by atoms with Gasteiger partial charge in [-0.2, -0.15) is 0 Å². The number of hydrazine groups is 1. The van der Waals surface area contributed by atoms with Crippen LogP contribution in [0.15, 0.2) is 91.0 Å². The van der Waals surface area contributed by atoms with E-state index in [2.05, 4.69) is 10.9 Å². The number of likely N-dealkylation sites (tertiary alicyclic amines) is 1. The topological polar surface area (TPSA) is 61.4 Å². The molecule has 4 aromatic rings. The zero-order valence-electron chi connectivity index (χ0n) is 21.9. The molecule has 1 saturated heterocycles. The van der Waals surface area contributed by atoms with Crippen LogP contribution in [0.2, 0.25) is 5.02 Å². The SMILES string of the molecule is Cc1ccc(NNC(=O)C2(c3ccc(F)cc3)CCN(C(=O)c3ccc(-c4ccc(F)cc4)cc3)CC2)c(Cl)c1. The van der Waals surface area contributed by atoms with Crippen molar-refractivity contribution in [2.75, 3.05) is 18.5 Å². The molecule has 204 valence electrons. The van der Waals surface area contributed by atoms with Gasteiger partial charge in [0.05, 0.1) is 16.1 Å². The summed E-state index contributed by atoms with van der Waals surface area (Å²) in [6.07, 6.45) is 0.709. The van der Waals surface area contributed by atoms with Gasteiger partial charge in [-0.05, 0) is 90.6 Å². The molecule has 0 atom stereocenters. The summed E-state index contributed by atoms with van der Waals surface area (Å²) in [4.78, 5) is 28.7. The molecule has 1 aliphatic rings. The number of nitrogens with one attached hydrogen (secondary N) is 2. The fourth-order valence-electron chi connectivity index (χ4n) is 5.10. The van der Waals surface area contributed by atoms with Gasteiger partial charge in [0.1, 0.15) is 11.6 Å². The molecule has 40 heavy (non-hydrogen) atoms. The van der Waals surface area contributed by atoms with Gasteiger partial charge in [0.2, 0.25) is 5.91 Å². The van der Waals surface area contributed by atoms with Crippen LogP contribution in [0.5, 0.6) is 0 Å². The number of carbonyl (C=O) groups is 2. The van der Waals surface area contributed by atoms with Crippen LogP contribution in [0, 0.1) is 18.6 Å². The second kappa shape index (κ2) is 11.5. The summed E-state index contributed by atoms with van der Waals surface area (Å²) in [6, 6.07) is 24.8. The van der Waals surface area contributed by atoms with Crippen LogP contribution in [-0.2, 0) is 10.2 Å². The van der Waals surface area contributed by atoms with Gasteiger partial charge in [0.25, 0.3) is 5.91 Å². The monoisotopic (exact) mass is 559 g/mol. The molecule has 8 heteroatoms. The standard InChI is InChI=1S/C32H28ClF2N3O2/c1-21-2-15-29(28(33)20-21)36-37-31(40)32(25-9-13-27(35)14-10-25)16-18-38(19-17-32)30(39)24-5-3-22(4-6-24)23-7-11-26(34)12-8-23/h2-15,20,36H,16-19H2,1H3,(H,37,40). The van der Waals surface area contributed by atoms with E-state index < -0.39 is 5.41 Å². The van der Waals surface area contributed by atoms with E-state index in [1.54, 1.807) is 53.4 Å². The average Bonchev–Trinajstić information content (AvgIpc) is 2.97. The quantitative estimate of drug-likeness (QED) is 0.252. The molecule has 1 fully saturated rings. The molecule has 0 spiro atoms. The third-order valence-electron chi connectivity index (χ3n) is 7.48. The Morgan fingerprint density at radius 2 is 1.35 bits per heavy atom. The summed E-state index contributed by atoms with van der Waals surface area (Å²) in [5.74, 6) is -1.11. The summed E-state index contributed by atoms with van der Waals surface area (Å²) < 4.78 is 27.0. The Kier molecular flexibility index (Phi) is 7.85. The zero-order chi connectivity index (χ0) is 28.3. The van der Waals surface area contributed by atoms with E-state index in [1.807, 2.05) is 25.1 Å². The van der Waals surface area contributed by atoms with Crippen LogP contribution in [-0.4, -0.2) is 29.8 Å². The molecule has 0 radical (unpaired) electrons. The van der Waals surface area contributed by atoms with E-state index in [-0.39, 0.29) is 23.4 Å². The molecular formula is C32H28ClF2N3O2. The van der Waals surface area contributed by atoms with Gasteiger partial charge in [-0.15, -0.1) is 0 Å². The third-order valence-corrected chi connectivity index (χ3v) is 7.79. The van der Waals surface area contributed by atoms with Crippen LogP contribution in [0.3, 0.4) is 0 Å². The smallest absolute Gasteiger partial charge is 0.253 e. The molecule has 0 saturated carbocycles.